The van der Waals surface area contributed by atoms with E-state index in [0.29, 0.717) is 13.1 Å². The molecule has 0 saturated heterocycles. The van der Waals surface area contributed by atoms with Crippen LogP contribution in [0, 0.1) is 5.92 Å². The van der Waals surface area contributed by atoms with Crippen molar-refractivity contribution < 1.29 is 9.53 Å². The van der Waals surface area contributed by atoms with E-state index in [1.54, 1.807) is 13.3 Å². The first kappa shape index (κ1) is 19.9. The monoisotopic (exact) mass is 402 g/mol. The van der Waals surface area contributed by atoms with Crippen molar-refractivity contribution in [3.05, 3.63) is 67.0 Å². The number of allylic oxidation sites excluding steroid dienone is 2. The SMILES string of the molecule is COc1ccc(-c2cc(-c3cccnc3)n(CCNC(=O)[C@H]3CC=CCC3)n2)cc1. The van der Waals surface area contributed by atoms with Crippen LogP contribution in [0.4, 0.5) is 0 Å². The lowest BCUT2D eigenvalue weighted by Gasteiger charge is -2.17. The summed E-state index contributed by atoms with van der Waals surface area (Å²) in [5, 5.41) is 7.89. The van der Waals surface area contributed by atoms with Gasteiger partial charge in [-0.25, -0.2) is 0 Å². The molecule has 1 aliphatic rings. The summed E-state index contributed by atoms with van der Waals surface area (Å²) < 4.78 is 7.19. The maximum absolute atomic E-state index is 12.4. The Morgan fingerprint density at radius 1 is 1.20 bits per heavy atom. The van der Waals surface area contributed by atoms with Gasteiger partial charge < -0.3 is 10.1 Å². The van der Waals surface area contributed by atoms with Gasteiger partial charge in [0, 0.05) is 36.0 Å². The highest BCUT2D eigenvalue weighted by Crippen LogP contribution is 2.27. The lowest BCUT2D eigenvalue weighted by Crippen LogP contribution is -2.33. The highest BCUT2D eigenvalue weighted by atomic mass is 16.5. The molecule has 0 aliphatic heterocycles. The molecular weight excluding hydrogens is 376 g/mol. The van der Waals surface area contributed by atoms with Crippen LogP contribution in [0.5, 0.6) is 5.75 Å². The third kappa shape index (κ3) is 4.59. The van der Waals surface area contributed by atoms with Gasteiger partial charge in [0.1, 0.15) is 5.75 Å². The van der Waals surface area contributed by atoms with Gasteiger partial charge in [0.05, 0.1) is 25.0 Å². The van der Waals surface area contributed by atoms with Gasteiger partial charge in [0.2, 0.25) is 5.91 Å². The minimum absolute atomic E-state index is 0.0836. The number of benzene rings is 1. The Morgan fingerprint density at radius 2 is 2.07 bits per heavy atom. The molecule has 3 aromatic rings. The molecule has 0 bridgehead atoms. The molecule has 1 atom stereocenters. The average molecular weight is 402 g/mol. The topological polar surface area (TPSA) is 69.0 Å². The van der Waals surface area contributed by atoms with Crippen LogP contribution < -0.4 is 10.1 Å². The molecule has 1 aliphatic carbocycles. The summed E-state index contributed by atoms with van der Waals surface area (Å²) in [5.74, 6) is 1.02. The van der Waals surface area contributed by atoms with Crippen LogP contribution in [0.3, 0.4) is 0 Å². The number of methoxy groups -OCH3 is 1. The van der Waals surface area contributed by atoms with Crippen molar-refractivity contribution in [1.82, 2.24) is 20.1 Å². The van der Waals surface area contributed by atoms with Gasteiger partial charge in [-0.05, 0) is 61.7 Å². The largest absolute Gasteiger partial charge is 0.497 e. The predicted molar refractivity (Wildman–Crippen MR) is 117 cm³/mol. The molecule has 6 heteroatoms. The van der Waals surface area contributed by atoms with E-state index in [2.05, 4.69) is 28.5 Å². The molecule has 1 aromatic carbocycles. The lowest BCUT2D eigenvalue weighted by atomic mass is 9.94. The summed E-state index contributed by atoms with van der Waals surface area (Å²) in [7, 11) is 1.65. The molecule has 0 radical (unpaired) electrons. The lowest BCUT2D eigenvalue weighted by molar-refractivity contribution is -0.125. The van der Waals surface area contributed by atoms with E-state index in [9.17, 15) is 4.79 Å². The number of ether oxygens (including phenoxy) is 1. The van der Waals surface area contributed by atoms with E-state index in [0.717, 1.165) is 47.5 Å². The second-order valence-electron chi connectivity index (χ2n) is 7.38. The summed E-state index contributed by atoms with van der Waals surface area (Å²) in [5.41, 5.74) is 3.86. The molecule has 1 N–H and O–H groups in total. The average Bonchev–Trinajstić information content (AvgIpc) is 3.24. The van der Waals surface area contributed by atoms with Crippen molar-refractivity contribution in [2.24, 2.45) is 5.92 Å². The summed E-state index contributed by atoms with van der Waals surface area (Å²) in [6.45, 7) is 1.13. The highest BCUT2D eigenvalue weighted by molar-refractivity contribution is 5.79. The Kier molecular flexibility index (Phi) is 6.23. The summed E-state index contributed by atoms with van der Waals surface area (Å²) >= 11 is 0. The van der Waals surface area contributed by atoms with Gasteiger partial charge in [0.25, 0.3) is 0 Å². The number of aromatic nitrogens is 3. The number of nitrogens with zero attached hydrogens (tertiary/aromatic N) is 3. The molecule has 0 spiro atoms. The van der Waals surface area contributed by atoms with Crippen molar-refractivity contribution >= 4 is 5.91 Å². The van der Waals surface area contributed by atoms with Crippen LogP contribution in [-0.2, 0) is 11.3 Å². The molecule has 2 aromatic heterocycles. The second kappa shape index (κ2) is 9.39. The maximum atomic E-state index is 12.4. The Hall–Kier alpha value is -3.41. The van der Waals surface area contributed by atoms with Gasteiger partial charge in [-0.2, -0.15) is 5.10 Å². The minimum atomic E-state index is 0.0836. The molecule has 4 rings (SSSR count). The fraction of sp³-hybridized carbons (Fsp3) is 0.292. The molecule has 0 unspecified atom stereocenters. The van der Waals surface area contributed by atoms with Crippen molar-refractivity contribution in [2.75, 3.05) is 13.7 Å². The van der Waals surface area contributed by atoms with Gasteiger partial charge >= 0.3 is 0 Å². The van der Waals surface area contributed by atoms with Crippen molar-refractivity contribution in [3.8, 4) is 28.3 Å². The van der Waals surface area contributed by atoms with E-state index in [1.807, 2.05) is 47.3 Å². The fourth-order valence-corrected chi connectivity index (χ4v) is 3.70. The van der Waals surface area contributed by atoms with Crippen molar-refractivity contribution in [1.29, 1.82) is 0 Å². The Balaban J connectivity index is 1.52. The first-order chi connectivity index (χ1) is 14.7. The van der Waals surface area contributed by atoms with E-state index < -0.39 is 0 Å². The van der Waals surface area contributed by atoms with Crippen LogP contribution in [-0.4, -0.2) is 34.3 Å². The van der Waals surface area contributed by atoms with E-state index in [1.165, 1.54) is 0 Å². The standard InChI is InChI=1S/C24H26N4O2/c1-30-21-11-9-18(10-12-21)22-16-23(20-8-5-13-25-17-20)28(27-22)15-14-26-24(29)19-6-3-2-4-7-19/h2-3,5,8-13,16-17,19H,4,6-7,14-15H2,1H3,(H,26,29)/t19-/m0/s1. The van der Waals surface area contributed by atoms with E-state index >= 15 is 0 Å². The van der Waals surface area contributed by atoms with Gasteiger partial charge in [-0.15, -0.1) is 0 Å². The minimum Gasteiger partial charge on any atom is -0.497 e. The van der Waals surface area contributed by atoms with Gasteiger partial charge in [-0.1, -0.05) is 12.2 Å². The zero-order valence-electron chi connectivity index (χ0n) is 17.1. The molecule has 1 amide bonds. The second-order valence-corrected chi connectivity index (χ2v) is 7.38. The molecule has 30 heavy (non-hydrogen) atoms. The summed E-state index contributed by atoms with van der Waals surface area (Å²) in [6, 6.07) is 13.8. The van der Waals surface area contributed by atoms with Gasteiger partial charge in [-0.3, -0.25) is 14.5 Å². The zero-order chi connectivity index (χ0) is 20.8. The zero-order valence-corrected chi connectivity index (χ0v) is 17.1. The smallest absolute Gasteiger partial charge is 0.223 e. The molecule has 0 fully saturated rings. The molecular formula is C24H26N4O2. The van der Waals surface area contributed by atoms with Crippen LogP contribution >= 0.6 is 0 Å². The number of hydrogen-bond donors (Lipinski definition) is 1. The van der Waals surface area contributed by atoms with E-state index in [4.69, 9.17) is 9.84 Å². The quantitative estimate of drug-likeness (QED) is 0.604. The maximum Gasteiger partial charge on any atom is 0.223 e. The number of rotatable bonds is 7. The molecule has 2 heterocycles. The summed E-state index contributed by atoms with van der Waals surface area (Å²) in [6.07, 6.45) is 10.6. The number of carbonyl (C=O) groups is 1. The van der Waals surface area contributed by atoms with Crippen molar-refractivity contribution in [3.63, 3.8) is 0 Å². The predicted octanol–water partition coefficient (Wildman–Crippen LogP) is 4.09. The Morgan fingerprint density at radius 3 is 2.77 bits per heavy atom. The van der Waals surface area contributed by atoms with Crippen LogP contribution in [0.1, 0.15) is 19.3 Å². The number of nitrogens with one attached hydrogen (secondary N) is 1. The Bertz CT molecular complexity index is 1010. The normalized spacial score (nSPS) is 15.7. The fourth-order valence-electron chi connectivity index (χ4n) is 3.70. The van der Waals surface area contributed by atoms with Crippen LogP contribution in [0.15, 0.2) is 67.0 Å². The van der Waals surface area contributed by atoms with Crippen LogP contribution in [0.25, 0.3) is 22.5 Å². The first-order valence-electron chi connectivity index (χ1n) is 10.3. The number of hydrogen-bond acceptors (Lipinski definition) is 4. The number of carbonyl (C=O) groups excluding carboxylic acids is 1. The molecule has 154 valence electrons. The molecule has 0 saturated carbocycles. The number of pyridine rings is 1. The van der Waals surface area contributed by atoms with Gasteiger partial charge in [0.15, 0.2) is 0 Å². The van der Waals surface area contributed by atoms with E-state index in [-0.39, 0.29) is 11.8 Å². The van der Waals surface area contributed by atoms with Crippen molar-refractivity contribution in [2.45, 2.75) is 25.8 Å². The third-order valence-corrected chi connectivity index (χ3v) is 5.39. The highest BCUT2D eigenvalue weighted by Gasteiger charge is 2.18. The number of amides is 1. The van der Waals surface area contributed by atoms with Crippen LogP contribution in [0.2, 0.25) is 0 Å². The first-order valence-corrected chi connectivity index (χ1v) is 10.3. The summed E-state index contributed by atoms with van der Waals surface area (Å²) in [4.78, 5) is 16.7. The molecule has 6 nitrogen and oxygen atoms in total. The Labute approximate surface area is 176 Å². The third-order valence-electron chi connectivity index (χ3n) is 5.39.